The van der Waals surface area contributed by atoms with Crippen LogP contribution in [0.5, 0.6) is 0 Å². The largest absolute Gasteiger partial charge is 0.355 e. The van der Waals surface area contributed by atoms with E-state index in [1.807, 2.05) is 24.3 Å². The first kappa shape index (κ1) is 26.2. The van der Waals surface area contributed by atoms with Crippen molar-refractivity contribution in [2.75, 3.05) is 23.7 Å². The van der Waals surface area contributed by atoms with Gasteiger partial charge in [0, 0.05) is 22.6 Å². The van der Waals surface area contributed by atoms with Crippen LogP contribution in [-0.4, -0.2) is 50.5 Å². The van der Waals surface area contributed by atoms with Crippen LogP contribution in [0.15, 0.2) is 46.9 Å². The van der Waals surface area contributed by atoms with Crippen LogP contribution in [0.4, 0.5) is 5.69 Å². The fourth-order valence-electron chi connectivity index (χ4n) is 3.20. The SMILES string of the molecule is CCNC(=O)[C@H](C)N(Cc1cccc(Br)c1)C(=O)CN(c1cccc(Cl)c1C)S(C)(=O)=O. The predicted molar refractivity (Wildman–Crippen MR) is 131 cm³/mol. The topological polar surface area (TPSA) is 86.8 Å². The van der Waals surface area contributed by atoms with E-state index in [4.69, 9.17) is 11.6 Å². The number of hydrogen-bond acceptors (Lipinski definition) is 4. The fourth-order valence-corrected chi connectivity index (χ4v) is 4.71. The summed E-state index contributed by atoms with van der Waals surface area (Å²) in [6.07, 6.45) is 1.03. The molecule has 2 aromatic carbocycles. The average molecular weight is 545 g/mol. The van der Waals surface area contributed by atoms with Crippen LogP contribution in [0.25, 0.3) is 0 Å². The van der Waals surface area contributed by atoms with Gasteiger partial charge < -0.3 is 10.2 Å². The zero-order valence-corrected chi connectivity index (χ0v) is 21.6. The molecule has 10 heteroatoms. The van der Waals surface area contributed by atoms with E-state index >= 15 is 0 Å². The zero-order chi connectivity index (χ0) is 24.1. The number of anilines is 1. The van der Waals surface area contributed by atoms with Crippen LogP contribution in [0.2, 0.25) is 5.02 Å². The van der Waals surface area contributed by atoms with Crippen LogP contribution >= 0.6 is 27.5 Å². The fraction of sp³-hybridized carbons (Fsp3) is 0.364. The molecule has 1 atom stereocenters. The highest BCUT2D eigenvalue weighted by Gasteiger charge is 2.30. The quantitative estimate of drug-likeness (QED) is 0.521. The van der Waals surface area contributed by atoms with Gasteiger partial charge in [0.1, 0.15) is 12.6 Å². The van der Waals surface area contributed by atoms with E-state index in [0.717, 1.165) is 20.6 Å². The first-order chi connectivity index (χ1) is 15.0. The highest BCUT2D eigenvalue weighted by molar-refractivity contribution is 9.10. The van der Waals surface area contributed by atoms with Gasteiger partial charge in [-0.3, -0.25) is 13.9 Å². The first-order valence-electron chi connectivity index (χ1n) is 10.00. The minimum absolute atomic E-state index is 0.142. The lowest BCUT2D eigenvalue weighted by Crippen LogP contribution is -2.51. The molecule has 0 spiro atoms. The molecule has 1 N–H and O–H groups in total. The molecule has 0 radical (unpaired) electrons. The maximum atomic E-state index is 13.4. The van der Waals surface area contributed by atoms with Gasteiger partial charge in [0.2, 0.25) is 21.8 Å². The molecule has 2 aromatic rings. The van der Waals surface area contributed by atoms with Crippen LogP contribution in [-0.2, 0) is 26.2 Å². The highest BCUT2D eigenvalue weighted by atomic mass is 79.9. The summed E-state index contributed by atoms with van der Waals surface area (Å²) in [6.45, 7) is 5.20. The molecule has 0 aliphatic rings. The molecule has 0 saturated heterocycles. The van der Waals surface area contributed by atoms with Crippen LogP contribution in [0.1, 0.15) is 25.0 Å². The number of nitrogens with one attached hydrogen (secondary N) is 1. The molecule has 0 aliphatic carbocycles. The van der Waals surface area contributed by atoms with Crippen molar-refractivity contribution in [1.29, 1.82) is 0 Å². The van der Waals surface area contributed by atoms with Gasteiger partial charge in [-0.2, -0.15) is 0 Å². The second-order valence-corrected chi connectivity index (χ2v) is 10.6. The van der Waals surface area contributed by atoms with Crippen molar-refractivity contribution in [1.82, 2.24) is 10.2 Å². The Labute approximate surface area is 202 Å². The van der Waals surface area contributed by atoms with E-state index in [2.05, 4.69) is 21.2 Å². The normalized spacial score (nSPS) is 12.2. The Hall–Kier alpha value is -2.10. The third-order valence-electron chi connectivity index (χ3n) is 4.95. The number of rotatable bonds is 9. The van der Waals surface area contributed by atoms with Crippen molar-refractivity contribution in [3.05, 3.63) is 63.1 Å². The summed E-state index contributed by atoms with van der Waals surface area (Å²) in [5.41, 5.74) is 1.66. The molecule has 0 unspecified atom stereocenters. The zero-order valence-electron chi connectivity index (χ0n) is 18.4. The lowest BCUT2D eigenvalue weighted by Gasteiger charge is -2.32. The molecular formula is C22H27BrClN3O4S. The Kier molecular flexibility index (Phi) is 9.12. The van der Waals surface area contributed by atoms with E-state index in [9.17, 15) is 18.0 Å². The van der Waals surface area contributed by atoms with Crippen LogP contribution < -0.4 is 9.62 Å². The smallest absolute Gasteiger partial charge is 0.244 e. The molecule has 174 valence electrons. The number of carbonyl (C=O) groups is 2. The number of hydrogen-bond donors (Lipinski definition) is 1. The lowest BCUT2D eigenvalue weighted by molar-refractivity contribution is -0.139. The van der Waals surface area contributed by atoms with E-state index in [0.29, 0.717) is 22.8 Å². The summed E-state index contributed by atoms with van der Waals surface area (Å²) in [5.74, 6) is -0.825. The minimum atomic E-state index is -3.80. The average Bonchev–Trinajstić information content (AvgIpc) is 2.71. The van der Waals surface area contributed by atoms with E-state index in [1.54, 1.807) is 39.0 Å². The third kappa shape index (κ3) is 6.70. The monoisotopic (exact) mass is 543 g/mol. The van der Waals surface area contributed by atoms with Crippen molar-refractivity contribution in [3.8, 4) is 0 Å². The molecule has 2 rings (SSSR count). The number of halogens is 2. The third-order valence-corrected chi connectivity index (χ3v) is 6.98. The van der Waals surface area contributed by atoms with E-state index in [1.165, 1.54) is 4.90 Å². The molecule has 0 saturated carbocycles. The summed E-state index contributed by atoms with van der Waals surface area (Å²) < 4.78 is 27.0. The predicted octanol–water partition coefficient (Wildman–Crippen LogP) is 3.73. The Balaban J connectivity index is 2.43. The Bertz CT molecular complexity index is 1090. The second-order valence-electron chi connectivity index (χ2n) is 7.38. The summed E-state index contributed by atoms with van der Waals surface area (Å²) in [7, 11) is -3.80. The molecular weight excluding hydrogens is 518 g/mol. The molecule has 0 fully saturated rings. The van der Waals surface area contributed by atoms with E-state index < -0.39 is 28.5 Å². The number of nitrogens with zero attached hydrogens (tertiary/aromatic N) is 2. The molecule has 0 aromatic heterocycles. The number of carbonyl (C=O) groups excluding carboxylic acids is 2. The second kappa shape index (κ2) is 11.2. The van der Waals surface area contributed by atoms with Crippen molar-refractivity contribution in [2.24, 2.45) is 0 Å². The molecule has 2 amide bonds. The van der Waals surface area contributed by atoms with Crippen LogP contribution in [0.3, 0.4) is 0 Å². The molecule has 7 nitrogen and oxygen atoms in total. The molecule has 32 heavy (non-hydrogen) atoms. The van der Waals surface area contributed by atoms with Crippen molar-refractivity contribution in [2.45, 2.75) is 33.4 Å². The maximum absolute atomic E-state index is 13.4. The lowest BCUT2D eigenvalue weighted by atomic mass is 10.1. The van der Waals surface area contributed by atoms with Gasteiger partial charge in [-0.1, -0.05) is 45.7 Å². The highest BCUT2D eigenvalue weighted by Crippen LogP contribution is 2.28. The van der Waals surface area contributed by atoms with E-state index in [-0.39, 0.29) is 12.5 Å². The number of amides is 2. The Morgan fingerprint density at radius 2 is 1.84 bits per heavy atom. The first-order valence-corrected chi connectivity index (χ1v) is 13.0. The Morgan fingerprint density at radius 1 is 1.19 bits per heavy atom. The number of likely N-dealkylation sites (N-methyl/N-ethyl adjacent to an activating group) is 1. The van der Waals surface area contributed by atoms with Crippen LogP contribution in [0, 0.1) is 6.92 Å². The number of sulfonamides is 1. The standard InChI is InChI=1S/C22H27BrClN3O4S/c1-5-25-22(29)16(3)26(13-17-8-6-9-18(23)12-17)21(28)14-27(32(4,30)31)20-11-7-10-19(24)15(20)2/h6-12,16H,5,13-14H2,1-4H3,(H,25,29)/t16-/m0/s1. The Morgan fingerprint density at radius 3 is 2.44 bits per heavy atom. The summed E-state index contributed by atoms with van der Waals surface area (Å²) in [6, 6.07) is 11.5. The minimum Gasteiger partial charge on any atom is -0.355 e. The summed E-state index contributed by atoms with van der Waals surface area (Å²) in [4.78, 5) is 27.3. The van der Waals surface area contributed by atoms with Gasteiger partial charge in [-0.05, 0) is 56.2 Å². The molecule has 0 heterocycles. The van der Waals surface area contributed by atoms with Crippen molar-refractivity contribution < 1.29 is 18.0 Å². The van der Waals surface area contributed by atoms with Gasteiger partial charge in [0.15, 0.2) is 0 Å². The molecule has 0 bridgehead atoms. The van der Waals surface area contributed by atoms with Crippen molar-refractivity contribution in [3.63, 3.8) is 0 Å². The number of benzene rings is 2. The maximum Gasteiger partial charge on any atom is 0.244 e. The van der Waals surface area contributed by atoms with Gasteiger partial charge in [-0.15, -0.1) is 0 Å². The van der Waals surface area contributed by atoms with Gasteiger partial charge in [-0.25, -0.2) is 8.42 Å². The van der Waals surface area contributed by atoms with Gasteiger partial charge in [0.05, 0.1) is 11.9 Å². The van der Waals surface area contributed by atoms with Gasteiger partial charge >= 0.3 is 0 Å². The summed E-state index contributed by atoms with van der Waals surface area (Å²) >= 11 is 9.59. The van der Waals surface area contributed by atoms with Crippen molar-refractivity contribution >= 4 is 55.1 Å². The van der Waals surface area contributed by atoms with Gasteiger partial charge in [0.25, 0.3) is 0 Å². The molecule has 0 aliphatic heterocycles. The summed E-state index contributed by atoms with van der Waals surface area (Å²) in [5, 5.41) is 3.11.